The van der Waals surface area contributed by atoms with E-state index >= 15 is 0 Å². The fraction of sp³-hybridized carbons (Fsp3) is 0.360. The summed E-state index contributed by atoms with van der Waals surface area (Å²) in [5.41, 5.74) is 2.78. The first-order valence-electron chi connectivity index (χ1n) is 11.1. The van der Waals surface area contributed by atoms with Gasteiger partial charge in [0.15, 0.2) is 0 Å². The van der Waals surface area contributed by atoms with Crippen LogP contribution in [0.5, 0.6) is 0 Å². The molecular formula is C25H30BN3O4. The molecule has 4 rings (SSSR count). The molecule has 2 heterocycles. The van der Waals surface area contributed by atoms with Crippen molar-refractivity contribution in [2.45, 2.75) is 51.9 Å². The number of carbonyl (C=O) groups excluding carboxylic acids is 1. The van der Waals surface area contributed by atoms with Gasteiger partial charge in [0, 0.05) is 12.6 Å². The van der Waals surface area contributed by atoms with Crippen LogP contribution < -0.4 is 10.8 Å². The van der Waals surface area contributed by atoms with Crippen molar-refractivity contribution in [2.24, 2.45) is 7.05 Å². The summed E-state index contributed by atoms with van der Waals surface area (Å²) in [6.07, 6.45) is 0.812. The van der Waals surface area contributed by atoms with Gasteiger partial charge >= 0.3 is 13.2 Å². The maximum Gasteiger partial charge on any atom is 0.494 e. The van der Waals surface area contributed by atoms with Crippen LogP contribution in [0.3, 0.4) is 0 Å². The second-order valence-electron chi connectivity index (χ2n) is 9.32. The molecule has 0 aliphatic carbocycles. The highest BCUT2D eigenvalue weighted by Gasteiger charge is 2.51. The van der Waals surface area contributed by atoms with Crippen molar-refractivity contribution < 1.29 is 18.8 Å². The molecule has 33 heavy (non-hydrogen) atoms. The average Bonchev–Trinajstić information content (AvgIpc) is 3.23. The molecule has 1 amide bonds. The zero-order valence-electron chi connectivity index (χ0n) is 20.0. The van der Waals surface area contributed by atoms with E-state index in [2.05, 4.69) is 10.4 Å². The number of hydrogen-bond acceptors (Lipinski definition) is 5. The molecule has 0 saturated carbocycles. The summed E-state index contributed by atoms with van der Waals surface area (Å²) in [7, 11) is 1.35. The quantitative estimate of drug-likeness (QED) is 0.575. The van der Waals surface area contributed by atoms with Gasteiger partial charge in [0.2, 0.25) is 0 Å². The van der Waals surface area contributed by atoms with Crippen LogP contribution in [0.2, 0.25) is 0 Å². The molecule has 1 aromatic heterocycles. The fourth-order valence-electron chi connectivity index (χ4n) is 3.67. The van der Waals surface area contributed by atoms with Crippen LogP contribution in [0.1, 0.15) is 46.3 Å². The Bertz CT molecular complexity index is 1110. The molecule has 2 aromatic carbocycles. The summed E-state index contributed by atoms with van der Waals surface area (Å²) in [6.45, 7) is 9.98. The van der Waals surface area contributed by atoms with Crippen LogP contribution >= 0.6 is 0 Å². The second-order valence-corrected chi connectivity index (χ2v) is 9.32. The number of carbonyl (C=O) groups is 1. The summed E-state index contributed by atoms with van der Waals surface area (Å²) in [4.78, 5) is 12.6. The number of amides is 1. The van der Waals surface area contributed by atoms with E-state index in [1.54, 1.807) is 17.9 Å². The highest BCUT2D eigenvalue weighted by molar-refractivity contribution is 6.62. The van der Waals surface area contributed by atoms with Crippen LogP contribution in [0, 0.1) is 0 Å². The second kappa shape index (κ2) is 8.69. The molecule has 1 aliphatic heterocycles. The monoisotopic (exact) mass is 447 g/mol. The minimum absolute atomic E-state index is 0.373. The van der Waals surface area contributed by atoms with E-state index in [4.69, 9.17) is 14.0 Å². The molecular weight excluding hydrogens is 417 g/mol. The zero-order chi connectivity index (χ0) is 23.8. The first-order chi connectivity index (χ1) is 15.6. The predicted octanol–water partition coefficient (Wildman–Crippen LogP) is 4.70. The average molecular weight is 447 g/mol. The third-order valence-electron chi connectivity index (χ3n) is 6.46. The normalized spacial score (nSPS) is 17.6. The number of nitrogens with zero attached hydrogens (tertiary/aromatic N) is 2. The van der Waals surface area contributed by atoms with E-state index in [-0.39, 0.29) is 6.10 Å². The molecule has 0 radical (unpaired) electrons. The first-order valence-corrected chi connectivity index (χ1v) is 11.1. The zero-order valence-corrected chi connectivity index (χ0v) is 20.0. The molecule has 0 spiro atoms. The lowest BCUT2D eigenvalue weighted by Gasteiger charge is -2.32. The van der Waals surface area contributed by atoms with Gasteiger partial charge in [-0.25, -0.2) is 4.79 Å². The number of hydrogen-bond donors (Lipinski definition) is 1. The Morgan fingerprint density at radius 1 is 1.03 bits per heavy atom. The molecule has 1 fully saturated rings. The van der Waals surface area contributed by atoms with Crippen LogP contribution in [0.4, 0.5) is 10.6 Å². The SMILES string of the molecule is C[C@@H](OC(=O)Nc1c(-c2ccc(B3OC(C)(C)C(C)(C)O3)cc2)cnn1C)c1ccccc1. The summed E-state index contributed by atoms with van der Waals surface area (Å²) in [5.74, 6) is 0.559. The van der Waals surface area contributed by atoms with Gasteiger partial charge in [-0.3, -0.25) is 10.00 Å². The summed E-state index contributed by atoms with van der Waals surface area (Å²) in [6, 6.07) is 17.5. The summed E-state index contributed by atoms with van der Waals surface area (Å²) >= 11 is 0. The van der Waals surface area contributed by atoms with Crippen molar-refractivity contribution in [3.05, 3.63) is 66.4 Å². The lowest BCUT2D eigenvalue weighted by atomic mass is 9.78. The minimum atomic E-state index is -0.537. The van der Waals surface area contributed by atoms with Crippen molar-refractivity contribution in [1.82, 2.24) is 9.78 Å². The van der Waals surface area contributed by atoms with Gasteiger partial charge in [0.1, 0.15) is 11.9 Å². The Kier molecular flexibility index (Phi) is 6.07. The number of ether oxygens (including phenoxy) is 1. The Morgan fingerprint density at radius 2 is 1.64 bits per heavy atom. The number of rotatable bonds is 5. The molecule has 0 bridgehead atoms. The number of benzene rings is 2. The minimum Gasteiger partial charge on any atom is -0.441 e. The van der Waals surface area contributed by atoms with Crippen LogP contribution in [-0.2, 0) is 21.1 Å². The number of aromatic nitrogens is 2. The fourth-order valence-corrected chi connectivity index (χ4v) is 3.67. The molecule has 1 N–H and O–H groups in total. The third-order valence-corrected chi connectivity index (χ3v) is 6.46. The number of nitrogens with one attached hydrogen (secondary N) is 1. The number of anilines is 1. The summed E-state index contributed by atoms with van der Waals surface area (Å²) in [5, 5.41) is 7.16. The van der Waals surface area contributed by atoms with Crippen molar-refractivity contribution in [3.8, 4) is 11.1 Å². The lowest BCUT2D eigenvalue weighted by molar-refractivity contribution is 0.00578. The standard InChI is InChI=1S/C25H30BN3O4/c1-17(18-10-8-7-9-11-18)31-23(30)28-22-21(16-27-29(22)6)19-12-14-20(15-13-19)26-32-24(2,3)25(4,5)33-26/h7-17H,1-6H3,(H,28,30)/t17-/m1/s1. The van der Waals surface area contributed by atoms with Gasteiger partial charge < -0.3 is 14.0 Å². The van der Waals surface area contributed by atoms with Crippen LogP contribution in [0.25, 0.3) is 11.1 Å². The van der Waals surface area contributed by atoms with Crippen molar-refractivity contribution >= 4 is 24.5 Å². The smallest absolute Gasteiger partial charge is 0.441 e. The molecule has 7 nitrogen and oxygen atoms in total. The molecule has 8 heteroatoms. The third kappa shape index (κ3) is 4.67. The molecule has 1 aliphatic rings. The van der Waals surface area contributed by atoms with Gasteiger partial charge in [-0.2, -0.15) is 5.10 Å². The Labute approximate surface area is 195 Å². The molecule has 1 atom stereocenters. The highest BCUT2D eigenvalue weighted by Crippen LogP contribution is 2.36. The van der Waals surface area contributed by atoms with Crippen LogP contribution in [-0.4, -0.2) is 34.2 Å². The van der Waals surface area contributed by atoms with E-state index in [9.17, 15) is 4.79 Å². The molecule has 1 saturated heterocycles. The number of aryl methyl sites for hydroxylation is 1. The Morgan fingerprint density at radius 3 is 2.24 bits per heavy atom. The van der Waals surface area contributed by atoms with E-state index in [1.807, 2.05) is 89.2 Å². The molecule has 0 unspecified atom stereocenters. The maximum absolute atomic E-state index is 12.6. The summed E-state index contributed by atoms with van der Waals surface area (Å²) < 4.78 is 19.4. The van der Waals surface area contributed by atoms with Gasteiger partial charge in [0.05, 0.1) is 17.4 Å². The maximum atomic E-state index is 12.6. The van der Waals surface area contributed by atoms with Gasteiger partial charge in [-0.1, -0.05) is 54.6 Å². The highest BCUT2D eigenvalue weighted by atomic mass is 16.7. The van der Waals surface area contributed by atoms with Crippen molar-refractivity contribution in [3.63, 3.8) is 0 Å². The lowest BCUT2D eigenvalue weighted by Crippen LogP contribution is -2.41. The Hall–Kier alpha value is -3.10. The van der Waals surface area contributed by atoms with E-state index in [0.29, 0.717) is 5.82 Å². The predicted molar refractivity (Wildman–Crippen MR) is 129 cm³/mol. The molecule has 3 aromatic rings. The van der Waals surface area contributed by atoms with Gasteiger partial charge in [0.25, 0.3) is 0 Å². The van der Waals surface area contributed by atoms with Gasteiger partial charge in [-0.05, 0) is 51.2 Å². The molecule has 172 valence electrons. The topological polar surface area (TPSA) is 74.6 Å². The van der Waals surface area contributed by atoms with Crippen molar-refractivity contribution in [1.29, 1.82) is 0 Å². The van der Waals surface area contributed by atoms with Crippen LogP contribution in [0.15, 0.2) is 60.8 Å². The first kappa shape index (κ1) is 23.1. The van der Waals surface area contributed by atoms with Gasteiger partial charge in [-0.15, -0.1) is 0 Å². The van der Waals surface area contributed by atoms with E-state index < -0.39 is 24.4 Å². The largest absolute Gasteiger partial charge is 0.494 e. The van der Waals surface area contributed by atoms with E-state index in [1.165, 1.54) is 0 Å². The van der Waals surface area contributed by atoms with Crippen molar-refractivity contribution in [2.75, 3.05) is 5.32 Å². The van der Waals surface area contributed by atoms with E-state index in [0.717, 1.165) is 22.2 Å². The Balaban J connectivity index is 1.48.